The van der Waals surface area contributed by atoms with Crippen molar-refractivity contribution in [2.45, 2.75) is 99.7 Å². The highest BCUT2D eigenvalue weighted by Gasteiger charge is 2.51. The van der Waals surface area contributed by atoms with E-state index in [4.69, 9.17) is 21.1 Å². The van der Waals surface area contributed by atoms with Crippen LogP contribution >= 0.6 is 11.6 Å². The molecule has 0 aromatic heterocycles. The number of hydrogen-bond donors (Lipinski definition) is 4. The van der Waals surface area contributed by atoms with E-state index in [2.05, 4.69) is 16.1 Å². The first kappa shape index (κ1) is 31.3. The number of rotatable bonds is 11. The van der Waals surface area contributed by atoms with E-state index in [0.29, 0.717) is 32.4 Å². The summed E-state index contributed by atoms with van der Waals surface area (Å²) in [6, 6.07) is -0.393. The summed E-state index contributed by atoms with van der Waals surface area (Å²) in [6.07, 6.45) is 1.59. The van der Waals surface area contributed by atoms with Crippen molar-refractivity contribution in [3.05, 3.63) is 0 Å². The quantitative estimate of drug-likeness (QED) is 0.249. The van der Waals surface area contributed by atoms with Crippen LogP contribution in [0.2, 0.25) is 0 Å². The first-order valence-electron chi connectivity index (χ1n) is 14.3. The number of fused-ring (bicyclic) bond motifs is 1. The fraction of sp³-hybridized carbons (Fsp3) is 0.960. The molecule has 0 spiro atoms. The lowest BCUT2D eigenvalue weighted by atomic mass is 9.84. The number of carbonyl (C=O) groups is 1. The molecule has 0 aromatic rings. The fourth-order valence-electron chi connectivity index (χ4n) is 6.37. The summed E-state index contributed by atoms with van der Waals surface area (Å²) >= 11 is 6.45. The minimum absolute atomic E-state index is 0.00715. The normalized spacial score (nSPS) is 38.4. The zero-order valence-electron chi connectivity index (χ0n) is 22.9. The van der Waals surface area contributed by atoms with Crippen molar-refractivity contribution in [3.8, 4) is 0 Å². The minimum Gasteiger partial charge on any atom is -0.394 e. The molecule has 2 aliphatic heterocycles. The third kappa shape index (κ3) is 7.61. The third-order valence-corrected chi connectivity index (χ3v) is 11.3. The summed E-state index contributed by atoms with van der Waals surface area (Å²) in [4.78, 5) is 11.6. The second kappa shape index (κ2) is 14.0. The number of morpholine rings is 1. The van der Waals surface area contributed by atoms with Gasteiger partial charge in [-0.3, -0.25) is 4.79 Å². The number of nitrogens with one attached hydrogen (secondary N) is 3. The zero-order valence-corrected chi connectivity index (χ0v) is 24.5. The second-order valence-electron chi connectivity index (χ2n) is 11.2. The molecular formula is C25H45ClFN5O6S. The molecule has 2 aliphatic carbocycles. The molecular weight excluding hydrogens is 553 g/mol. The lowest BCUT2D eigenvalue weighted by Gasteiger charge is -2.49. The van der Waals surface area contributed by atoms with Crippen LogP contribution in [0, 0.1) is 5.92 Å². The average molecular weight is 598 g/mol. The molecule has 0 bridgehead atoms. The maximum Gasteiger partial charge on any atom is 0.222 e. The van der Waals surface area contributed by atoms with Crippen molar-refractivity contribution < 1.29 is 32.2 Å². The van der Waals surface area contributed by atoms with Gasteiger partial charge in [0.15, 0.2) is 0 Å². The average Bonchev–Trinajstić information content (AvgIpc) is 3.34. The van der Waals surface area contributed by atoms with Crippen LogP contribution in [0.25, 0.3) is 0 Å². The number of carbonyl (C=O) groups excluding carboxylic acids is 1. The highest BCUT2D eigenvalue weighted by atomic mass is 35.5. The van der Waals surface area contributed by atoms with Crippen molar-refractivity contribution in [2.75, 3.05) is 45.9 Å². The van der Waals surface area contributed by atoms with Crippen molar-refractivity contribution in [1.29, 1.82) is 0 Å². The summed E-state index contributed by atoms with van der Waals surface area (Å²) in [5.41, 5.74) is 3.11. The Hall–Kier alpha value is -0.640. The summed E-state index contributed by atoms with van der Waals surface area (Å²) in [7, 11) is -3.88. The van der Waals surface area contributed by atoms with Crippen LogP contribution in [0.3, 0.4) is 0 Å². The van der Waals surface area contributed by atoms with Crippen LogP contribution < -0.4 is 16.1 Å². The van der Waals surface area contributed by atoms with Crippen LogP contribution in [0.4, 0.5) is 4.39 Å². The predicted molar refractivity (Wildman–Crippen MR) is 145 cm³/mol. The maximum absolute atomic E-state index is 14.6. The highest BCUT2D eigenvalue weighted by molar-refractivity contribution is 7.89. The van der Waals surface area contributed by atoms with Crippen LogP contribution in [-0.2, 0) is 24.3 Å². The smallest absolute Gasteiger partial charge is 0.222 e. The highest BCUT2D eigenvalue weighted by Crippen LogP contribution is 2.36. The monoisotopic (exact) mass is 597 g/mol. The minimum atomic E-state index is -3.88. The first-order valence-corrected chi connectivity index (χ1v) is 16.2. The van der Waals surface area contributed by atoms with Crippen LogP contribution in [0.15, 0.2) is 0 Å². The van der Waals surface area contributed by atoms with Gasteiger partial charge in [0.1, 0.15) is 17.6 Å². The molecule has 4 N–H and O–H groups in total. The summed E-state index contributed by atoms with van der Waals surface area (Å²) in [6.45, 7) is 4.79. The number of amides is 1. The van der Waals surface area contributed by atoms with Crippen molar-refractivity contribution in [1.82, 2.24) is 25.4 Å². The SMILES string of the molecule is CCN1CC(S(=O)(=O)N2C[C@H](CNC(C)=O)OC3CCC(NCC4C(F)CCCC4Cl)CC32)C(OCCO)N1. The number of halogens is 2. The molecule has 0 radical (unpaired) electrons. The summed E-state index contributed by atoms with van der Waals surface area (Å²) in [5, 5.41) is 16.3. The number of ether oxygens (including phenoxy) is 2. The van der Waals surface area contributed by atoms with Gasteiger partial charge in [-0.05, 0) is 38.5 Å². The molecule has 0 aromatic carbocycles. The Morgan fingerprint density at radius 3 is 2.72 bits per heavy atom. The Morgan fingerprint density at radius 1 is 1.23 bits per heavy atom. The number of alkyl halides is 2. The largest absolute Gasteiger partial charge is 0.394 e. The van der Waals surface area contributed by atoms with E-state index in [9.17, 15) is 22.7 Å². The molecule has 1 amide bonds. The van der Waals surface area contributed by atoms with Gasteiger partial charge >= 0.3 is 0 Å². The molecule has 2 saturated heterocycles. The van der Waals surface area contributed by atoms with Crippen LogP contribution in [0.1, 0.15) is 52.4 Å². The number of aliphatic hydroxyl groups excluding tert-OH is 1. The van der Waals surface area contributed by atoms with E-state index >= 15 is 0 Å². The standard InChI is InChI=1S/C25H45ClFN5O6S/c1-3-31-15-24(25(30-31)37-10-9-33)39(35,36)32-14-18(12-28-16(2)34)38-23-8-7-17(11-22(23)32)29-13-19-20(26)5-4-6-21(19)27/h17-25,29-30,33H,3-15H2,1-2H3,(H,28,34)/t17?,18-,19?,20?,21?,22?,23?,24?,25?/m0/s1. The predicted octanol–water partition coefficient (Wildman–Crippen LogP) is 0.322. The molecule has 2 heterocycles. The van der Waals surface area contributed by atoms with Crippen molar-refractivity contribution in [2.24, 2.45) is 5.92 Å². The molecule has 14 heteroatoms. The number of aliphatic hydroxyl groups is 1. The molecule has 2 saturated carbocycles. The number of sulfonamides is 1. The van der Waals surface area contributed by atoms with Gasteiger partial charge in [0.25, 0.3) is 0 Å². The molecule has 39 heavy (non-hydrogen) atoms. The molecule has 226 valence electrons. The number of hydrogen-bond acceptors (Lipinski definition) is 9. The Kier molecular flexibility index (Phi) is 11.2. The van der Waals surface area contributed by atoms with Gasteiger partial charge in [-0.15, -0.1) is 11.6 Å². The van der Waals surface area contributed by atoms with Gasteiger partial charge in [0.2, 0.25) is 15.9 Å². The Morgan fingerprint density at radius 2 is 2.03 bits per heavy atom. The molecule has 8 unspecified atom stereocenters. The van der Waals surface area contributed by atoms with E-state index in [0.717, 1.165) is 19.3 Å². The van der Waals surface area contributed by atoms with Crippen molar-refractivity contribution >= 4 is 27.5 Å². The van der Waals surface area contributed by atoms with Crippen LogP contribution in [-0.4, -0.2) is 122 Å². The van der Waals surface area contributed by atoms with Crippen molar-refractivity contribution in [3.63, 3.8) is 0 Å². The van der Waals surface area contributed by atoms with Crippen LogP contribution in [0.5, 0.6) is 0 Å². The van der Waals surface area contributed by atoms with E-state index in [-0.39, 0.29) is 62.2 Å². The Balaban J connectivity index is 1.51. The Labute approximate surface area is 236 Å². The molecule has 9 atom stereocenters. The number of nitrogens with zero attached hydrogens (tertiary/aromatic N) is 2. The van der Waals surface area contributed by atoms with E-state index in [1.165, 1.54) is 6.92 Å². The number of hydrazine groups is 1. The topological polar surface area (TPSA) is 132 Å². The first-order chi connectivity index (χ1) is 18.6. The van der Waals surface area contributed by atoms with Gasteiger partial charge in [-0.25, -0.2) is 23.2 Å². The van der Waals surface area contributed by atoms with Gasteiger partial charge in [-0.1, -0.05) is 6.92 Å². The molecule has 4 aliphatic rings. The lowest BCUT2D eigenvalue weighted by molar-refractivity contribution is -0.125. The maximum atomic E-state index is 14.6. The van der Waals surface area contributed by atoms with E-state index < -0.39 is 39.8 Å². The lowest BCUT2D eigenvalue weighted by Crippen LogP contribution is -2.64. The molecule has 4 fully saturated rings. The van der Waals surface area contributed by atoms with Gasteiger partial charge in [0, 0.05) is 57.0 Å². The zero-order chi connectivity index (χ0) is 28.2. The van der Waals surface area contributed by atoms with E-state index in [1.54, 1.807) is 4.31 Å². The van der Waals surface area contributed by atoms with E-state index in [1.807, 2.05) is 11.9 Å². The molecule has 4 rings (SSSR count). The van der Waals surface area contributed by atoms with Gasteiger partial charge in [-0.2, -0.15) is 4.31 Å². The second-order valence-corrected chi connectivity index (χ2v) is 13.8. The van der Waals surface area contributed by atoms with Gasteiger partial charge in [0.05, 0.1) is 31.5 Å². The third-order valence-electron chi connectivity index (χ3n) is 8.51. The summed E-state index contributed by atoms with van der Waals surface area (Å²) in [5.74, 6) is -0.456. The fourth-order valence-corrected chi connectivity index (χ4v) is 8.92. The van der Waals surface area contributed by atoms with Gasteiger partial charge < -0.3 is 25.2 Å². The Bertz CT molecular complexity index is 911. The molecule has 11 nitrogen and oxygen atoms in total. The summed E-state index contributed by atoms with van der Waals surface area (Å²) < 4.78 is 56.6.